The maximum Gasteiger partial charge on any atom is 0.283 e. The Labute approximate surface area is 237 Å². The third kappa shape index (κ3) is 5.60. The van der Waals surface area contributed by atoms with E-state index in [2.05, 4.69) is 5.32 Å². The fourth-order valence-electron chi connectivity index (χ4n) is 4.51. The van der Waals surface area contributed by atoms with Gasteiger partial charge in [-0.25, -0.2) is 4.90 Å². The highest BCUT2D eigenvalue weighted by molar-refractivity contribution is 6.53. The maximum atomic E-state index is 13.7. The van der Waals surface area contributed by atoms with Gasteiger partial charge in [0.2, 0.25) is 0 Å². The number of methoxy groups -OCH3 is 1. The Morgan fingerprint density at radius 1 is 0.800 bits per heavy atom. The van der Waals surface area contributed by atoms with Crippen molar-refractivity contribution in [2.24, 2.45) is 0 Å². The summed E-state index contributed by atoms with van der Waals surface area (Å²) in [6.07, 6.45) is 0. The molecule has 200 valence electrons. The molecule has 0 unspecified atom stereocenters. The number of hydrogen-bond acceptors (Lipinski definition) is 5. The molecule has 4 aromatic carbocycles. The second-order valence-electron chi connectivity index (χ2n) is 9.14. The third-order valence-corrected chi connectivity index (χ3v) is 6.80. The van der Waals surface area contributed by atoms with Crippen LogP contribution in [0.25, 0.3) is 0 Å². The Kier molecular flexibility index (Phi) is 7.94. The molecule has 0 saturated carbocycles. The van der Waals surface area contributed by atoms with Crippen molar-refractivity contribution in [1.29, 1.82) is 0 Å². The van der Waals surface area contributed by atoms with Crippen molar-refractivity contribution in [1.82, 2.24) is 4.90 Å². The lowest BCUT2D eigenvalue weighted by atomic mass is 10.1. The molecular weight excluding hydrogens is 526 g/mol. The second-order valence-corrected chi connectivity index (χ2v) is 9.52. The quantitative estimate of drug-likeness (QED) is 0.259. The first-order valence-electron chi connectivity index (χ1n) is 12.6. The van der Waals surface area contributed by atoms with E-state index in [4.69, 9.17) is 16.3 Å². The van der Waals surface area contributed by atoms with Gasteiger partial charge in [-0.2, -0.15) is 0 Å². The number of amides is 3. The van der Waals surface area contributed by atoms with Crippen LogP contribution in [0, 0.1) is 0 Å². The highest BCUT2D eigenvalue weighted by Gasteiger charge is 2.40. The number of nitrogens with one attached hydrogen (secondary N) is 1. The van der Waals surface area contributed by atoms with E-state index < -0.39 is 11.8 Å². The van der Waals surface area contributed by atoms with Crippen molar-refractivity contribution in [3.63, 3.8) is 0 Å². The lowest BCUT2D eigenvalue weighted by Crippen LogP contribution is -2.32. The molecule has 5 rings (SSSR count). The number of benzene rings is 4. The Bertz CT molecular complexity index is 1550. The van der Waals surface area contributed by atoms with Crippen LogP contribution >= 0.6 is 11.6 Å². The van der Waals surface area contributed by atoms with Crippen LogP contribution in [0.1, 0.15) is 21.5 Å². The third-order valence-electron chi connectivity index (χ3n) is 6.45. The minimum atomic E-state index is -0.664. The van der Waals surface area contributed by atoms with Gasteiger partial charge >= 0.3 is 0 Å². The van der Waals surface area contributed by atoms with Crippen molar-refractivity contribution in [2.75, 3.05) is 17.3 Å². The molecule has 3 amide bonds. The number of para-hydroxylation sites is 2. The molecule has 4 aromatic rings. The second kappa shape index (κ2) is 11.9. The number of anilines is 2. The zero-order valence-corrected chi connectivity index (χ0v) is 22.5. The Balaban J connectivity index is 1.40. The normalized spacial score (nSPS) is 13.0. The van der Waals surface area contributed by atoms with Crippen LogP contribution in [0.4, 0.5) is 11.4 Å². The fraction of sp³-hybridized carbons (Fsp3) is 0.0938. The van der Waals surface area contributed by atoms with E-state index in [9.17, 15) is 14.4 Å². The summed E-state index contributed by atoms with van der Waals surface area (Å²) >= 11 is 6.34. The Morgan fingerprint density at radius 3 is 2.02 bits per heavy atom. The largest absolute Gasteiger partial charge is 0.495 e. The van der Waals surface area contributed by atoms with Gasteiger partial charge in [-0.3, -0.25) is 14.4 Å². The molecule has 7 nitrogen and oxygen atoms in total. The minimum Gasteiger partial charge on any atom is -0.495 e. The molecule has 1 aliphatic heterocycles. The molecule has 1 N–H and O–H groups in total. The van der Waals surface area contributed by atoms with E-state index in [0.717, 1.165) is 16.0 Å². The number of ether oxygens (including phenoxy) is 1. The number of carbonyl (C=O) groups is 3. The zero-order valence-electron chi connectivity index (χ0n) is 21.7. The number of imide groups is 1. The molecule has 1 aliphatic rings. The van der Waals surface area contributed by atoms with Crippen LogP contribution in [-0.2, 0) is 22.7 Å². The molecule has 0 bridgehead atoms. The van der Waals surface area contributed by atoms with Crippen molar-refractivity contribution in [3.8, 4) is 5.75 Å². The van der Waals surface area contributed by atoms with E-state index in [1.165, 1.54) is 7.11 Å². The fourth-order valence-corrected chi connectivity index (χ4v) is 4.72. The average molecular weight is 552 g/mol. The number of carbonyl (C=O) groups excluding carboxylic acids is 3. The Morgan fingerprint density at radius 2 is 1.40 bits per heavy atom. The van der Waals surface area contributed by atoms with Crippen molar-refractivity contribution in [3.05, 3.63) is 137 Å². The number of nitrogens with zero attached hydrogens (tertiary/aromatic N) is 2. The van der Waals surface area contributed by atoms with E-state index >= 15 is 0 Å². The molecule has 0 atom stereocenters. The first kappa shape index (κ1) is 26.7. The summed E-state index contributed by atoms with van der Waals surface area (Å²) in [6.45, 7) is 0.841. The summed E-state index contributed by atoms with van der Waals surface area (Å²) in [5.41, 5.74) is 3.09. The van der Waals surface area contributed by atoms with Crippen LogP contribution in [0.15, 0.2) is 120 Å². The van der Waals surface area contributed by atoms with E-state index in [-0.39, 0.29) is 22.3 Å². The predicted octanol–water partition coefficient (Wildman–Crippen LogP) is 5.97. The van der Waals surface area contributed by atoms with Gasteiger partial charge in [0, 0.05) is 24.3 Å². The SMILES string of the molecule is COc1ccccc1N1C(=O)C(Cl)=C(Nc2cccc(C(=O)N(Cc3ccccc3)Cc3ccccc3)c2)C1=O. The van der Waals surface area contributed by atoms with Crippen molar-refractivity contribution in [2.45, 2.75) is 13.1 Å². The molecule has 40 heavy (non-hydrogen) atoms. The lowest BCUT2D eigenvalue weighted by Gasteiger charge is -2.23. The highest BCUT2D eigenvalue weighted by Crippen LogP contribution is 2.35. The lowest BCUT2D eigenvalue weighted by molar-refractivity contribution is -0.120. The molecule has 0 saturated heterocycles. The van der Waals surface area contributed by atoms with Gasteiger partial charge in [-0.1, -0.05) is 90.5 Å². The molecule has 0 radical (unpaired) electrons. The van der Waals surface area contributed by atoms with Gasteiger partial charge in [0.25, 0.3) is 17.7 Å². The topological polar surface area (TPSA) is 79.0 Å². The summed E-state index contributed by atoms with van der Waals surface area (Å²) in [5.74, 6) is -1.10. The van der Waals surface area contributed by atoms with Gasteiger partial charge in [0.15, 0.2) is 0 Å². The molecule has 0 aliphatic carbocycles. The standard InChI is InChI=1S/C32H26ClN3O4/c1-40-27-18-9-8-17-26(27)36-31(38)28(33)29(32(36)39)34-25-16-10-15-24(19-25)30(37)35(20-22-11-4-2-5-12-22)21-23-13-6-3-7-14-23/h2-19,34H,20-21H2,1H3. The molecular formula is C32H26ClN3O4. The number of halogens is 1. The van der Waals surface area contributed by atoms with E-state index in [1.807, 2.05) is 60.7 Å². The maximum absolute atomic E-state index is 13.7. The van der Waals surface area contributed by atoms with Gasteiger partial charge in [0.05, 0.1) is 12.8 Å². The number of hydrogen-bond donors (Lipinski definition) is 1. The summed E-state index contributed by atoms with van der Waals surface area (Å²) in [7, 11) is 1.46. The van der Waals surface area contributed by atoms with Crippen molar-refractivity contribution < 1.29 is 19.1 Å². The first-order valence-corrected chi connectivity index (χ1v) is 13.0. The van der Waals surface area contributed by atoms with E-state index in [0.29, 0.717) is 30.1 Å². The van der Waals surface area contributed by atoms with Crippen LogP contribution in [0.2, 0.25) is 0 Å². The summed E-state index contributed by atoms with van der Waals surface area (Å²) in [4.78, 5) is 42.7. The summed E-state index contributed by atoms with van der Waals surface area (Å²) in [5, 5.41) is 2.72. The molecule has 0 spiro atoms. The number of rotatable bonds is 9. The van der Waals surface area contributed by atoms with Crippen LogP contribution in [0.3, 0.4) is 0 Å². The summed E-state index contributed by atoms with van der Waals surface area (Å²) in [6, 6.07) is 33.0. The van der Waals surface area contributed by atoms with Gasteiger partial charge in [-0.05, 0) is 41.5 Å². The van der Waals surface area contributed by atoms with Crippen LogP contribution < -0.4 is 15.0 Å². The first-order chi connectivity index (χ1) is 19.5. The zero-order chi connectivity index (χ0) is 28.1. The summed E-state index contributed by atoms with van der Waals surface area (Å²) < 4.78 is 5.32. The van der Waals surface area contributed by atoms with Gasteiger partial charge in [-0.15, -0.1) is 0 Å². The smallest absolute Gasteiger partial charge is 0.283 e. The highest BCUT2D eigenvalue weighted by atomic mass is 35.5. The average Bonchev–Trinajstić information content (AvgIpc) is 3.20. The molecule has 1 heterocycles. The minimum absolute atomic E-state index is 0.0763. The molecule has 0 fully saturated rings. The predicted molar refractivity (Wildman–Crippen MR) is 155 cm³/mol. The Hall–Kier alpha value is -4.88. The van der Waals surface area contributed by atoms with Crippen LogP contribution in [-0.4, -0.2) is 29.7 Å². The van der Waals surface area contributed by atoms with Crippen LogP contribution in [0.5, 0.6) is 5.75 Å². The van der Waals surface area contributed by atoms with Gasteiger partial charge in [0.1, 0.15) is 16.5 Å². The van der Waals surface area contributed by atoms with Crippen molar-refractivity contribution >= 4 is 40.7 Å². The van der Waals surface area contributed by atoms with Gasteiger partial charge < -0.3 is 15.0 Å². The van der Waals surface area contributed by atoms with E-state index in [1.54, 1.807) is 53.4 Å². The monoisotopic (exact) mass is 551 g/mol. The molecule has 0 aromatic heterocycles. The molecule has 8 heteroatoms.